The summed E-state index contributed by atoms with van der Waals surface area (Å²) in [6.07, 6.45) is 1.53. The van der Waals surface area contributed by atoms with E-state index in [0.29, 0.717) is 5.82 Å². The quantitative estimate of drug-likeness (QED) is 0.723. The zero-order valence-corrected chi connectivity index (χ0v) is 12.5. The van der Waals surface area contributed by atoms with Crippen molar-refractivity contribution in [2.45, 2.75) is 13.3 Å². The van der Waals surface area contributed by atoms with Gasteiger partial charge in [0.25, 0.3) is 0 Å². The van der Waals surface area contributed by atoms with Crippen LogP contribution in [0.5, 0.6) is 11.5 Å². The molecule has 0 radical (unpaired) electrons. The number of Topliss-reactive ketones (excluding diaryl/α,β-unsaturated/α-hetero) is 1. The van der Waals surface area contributed by atoms with Crippen LogP contribution >= 0.6 is 0 Å². The van der Waals surface area contributed by atoms with Gasteiger partial charge in [-0.05, 0) is 31.2 Å². The van der Waals surface area contributed by atoms with Gasteiger partial charge in [0.15, 0.2) is 5.78 Å². The molecule has 0 atom stereocenters. The Morgan fingerprint density at radius 3 is 2.61 bits per heavy atom. The first-order valence-corrected chi connectivity index (χ1v) is 7.07. The molecule has 3 rings (SSSR count). The number of hydrogen-bond donors (Lipinski definition) is 2. The van der Waals surface area contributed by atoms with Gasteiger partial charge in [-0.1, -0.05) is 18.2 Å². The number of rotatable bonds is 4. The Morgan fingerprint density at radius 2 is 1.87 bits per heavy atom. The Kier molecular flexibility index (Phi) is 3.80. The maximum Gasteiger partial charge on any atom is 0.174 e. The second-order valence-corrected chi connectivity index (χ2v) is 5.16. The number of para-hydroxylation sites is 1. The summed E-state index contributed by atoms with van der Waals surface area (Å²) in [7, 11) is 0. The van der Waals surface area contributed by atoms with Gasteiger partial charge in [0.05, 0.1) is 12.0 Å². The molecule has 0 spiro atoms. The number of hydrogen-bond acceptors (Lipinski definition) is 5. The van der Waals surface area contributed by atoms with Crippen LogP contribution in [0.2, 0.25) is 0 Å². The van der Waals surface area contributed by atoms with Crippen LogP contribution in [0, 0.1) is 6.92 Å². The second kappa shape index (κ2) is 5.92. The largest absolute Gasteiger partial charge is 0.508 e. The smallest absolute Gasteiger partial charge is 0.174 e. The lowest BCUT2D eigenvalue weighted by Crippen LogP contribution is -2.10. The Morgan fingerprint density at radius 1 is 1.13 bits per heavy atom. The monoisotopic (exact) mass is 309 g/mol. The molecule has 0 saturated carbocycles. The number of aromatic nitrogens is 3. The minimum absolute atomic E-state index is 0.00727. The standard InChI is InChI=1S/C17H15N3O3/c1-11-14(21)8-7-13(17(11)23)15(22)9-16-19-18-10-20(16)12-5-3-2-4-6-12/h2-8,10,21,23H,9H2,1H3. The molecular formula is C17H15N3O3. The number of phenolic OH excluding ortho intramolecular Hbond substituents is 2. The van der Waals surface area contributed by atoms with E-state index in [4.69, 9.17) is 0 Å². The molecule has 6 nitrogen and oxygen atoms in total. The minimum Gasteiger partial charge on any atom is -0.508 e. The number of ketones is 1. The van der Waals surface area contributed by atoms with Crippen LogP contribution < -0.4 is 0 Å². The highest BCUT2D eigenvalue weighted by Crippen LogP contribution is 2.30. The van der Waals surface area contributed by atoms with Crippen molar-refractivity contribution in [1.82, 2.24) is 14.8 Å². The van der Waals surface area contributed by atoms with E-state index in [1.807, 2.05) is 30.3 Å². The number of aromatic hydroxyl groups is 2. The van der Waals surface area contributed by atoms with E-state index < -0.39 is 0 Å². The van der Waals surface area contributed by atoms with Crippen molar-refractivity contribution < 1.29 is 15.0 Å². The molecule has 6 heteroatoms. The number of carbonyl (C=O) groups excluding carboxylic acids is 1. The van der Waals surface area contributed by atoms with E-state index in [1.54, 1.807) is 17.8 Å². The third-order valence-corrected chi connectivity index (χ3v) is 3.67. The van der Waals surface area contributed by atoms with Gasteiger partial charge in [-0.15, -0.1) is 10.2 Å². The Labute approximate surface area is 132 Å². The Balaban J connectivity index is 1.91. The Bertz CT molecular complexity index is 857. The zero-order valence-electron chi connectivity index (χ0n) is 12.5. The van der Waals surface area contributed by atoms with Gasteiger partial charge in [0.1, 0.15) is 23.7 Å². The number of carbonyl (C=O) groups is 1. The molecule has 0 bridgehead atoms. The van der Waals surface area contributed by atoms with Crippen molar-refractivity contribution in [2.75, 3.05) is 0 Å². The van der Waals surface area contributed by atoms with Gasteiger partial charge in [-0.3, -0.25) is 9.36 Å². The minimum atomic E-state index is -0.296. The van der Waals surface area contributed by atoms with Crippen molar-refractivity contribution in [3.8, 4) is 17.2 Å². The lowest BCUT2D eigenvalue weighted by Gasteiger charge is -2.09. The molecule has 0 saturated heterocycles. The molecule has 0 aliphatic carbocycles. The third kappa shape index (κ3) is 2.78. The number of nitrogens with zero attached hydrogens (tertiary/aromatic N) is 3. The summed E-state index contributed by atoms with van der Waals surface area (Å²) in [6.45, 7) is 1.55. The molecule has 0 aliphatic rings. The topological polar surface area (TPSA) is 88.2 Å². The van der Waals surface area contributed by atoms with Crippen LogP contribution in [0.1, 0.15) is 21.7 Å². The van der Waals surface area contributed by atoms with E-state index in [1.165, 1.54) is 12.1 Å². The van der Waals surface area contributed by atoms with Crippen molar-refractivity contribution in [3.63, 3.8) is 0 Å². The average molecular weight is 309 g/mol. The van der Waals surface area contributed by atoms with Crippen molar-refractivity contribution in [2.24, 2.45) is 0 Å². The van der Waals surface area contributed by atoms with E-state index in [2.05, 4.69) is 10.2 Å². The van der Waals surface area contributed by atoms with Crippen LogP contribution in [-0.2, 0) is 6.42 Å². The molecule has 0 unspecified atom stereocenters. The average Bonchev–Trinajstić information content (AvgIpc) is 3.01. The SMILES string of the molecule is Cc1c(O)ccc(C(=O)Cc2nncn2-c2ccccc2)c1O. The van der Waals surface area contributed by atoms with Crippen LogP contribution in [0.3, 0.4) is 0 Å². The molecule has 3 aromatic rings. The highest BCUT2D eigenvalue weighted by atomic mass is 16.3. The molecule has 0 amide bonds. The molecule has 2 N–H and O–H groups in total. The normalized spacial score (nSPS) is 10.7. The molecule has 1 aromatic heterocycles. The van der Waals surface area contributed by atoms with Crippen LogP contribution in [0.4, 0.5) is 0 Å². The summed E-state index contributed by atoms with van der Waals surface area (Å²) < 4.78 is 1.72. The number of phenols is 2. The van der Waals surface area contributed by atoms with Crippen LogP contribution in [0.15, 0.2) is 48.8 Å². The first kappa shape index (κ1) is 14.8. The first-order valence-electron chi connectivity index (χ1n) is 7.07. The summed E-state index contributed by atoms with van der Waals surface area (Å²) >= 11 is 0. The maximum atomic E-state index is 12.5. The van der Waals surface area contributed by atoms with Gasteiger partial charge >= 0.3 is 0 Å². The van der Waals surface area contributed by atoms with Gasteiger partial charge < -0.3 is 10.2 Å². The first-order chi connectivity index (χ1) is 11.1. The van der Waals surface area contributed by atoms with Crippen molar-refractivity contribution >= 4 is 5.78 Å². The van der Waals surface area contributed by atoms with Crippen LogP contribution in [0.25, 0.3) is 5.69 Å². The van der Waals surface area contributed by atoms with Crippen LogP contribution in [-0.4, -0.2) is 30.8 Å². The maximum absolute atomic E-state index is 12.5. The molecule has 1 heterocycles. The molecular weight excluding hydrogens is 294 g/mol. The highest BCUT2D eigenvalue weighted by molar-refractivity contribution is 6.00. The zero-order chi connectivity index (χ0) is 16.4. The molecule has 2 aromatic carbocycles. The van der Waals surface area contributed by atoms with E-state index in [9.17, 15) is 15.0 Å². The predicted molar refractivity (Wildman–Crippen MR) is 83.9 cm³/mol. The summed E-state index contributed by atoms with van der Waals surface area (Å²) in [5.74, 6) is -0.0746. The lowest BCUT2D eigenvalue weighted by atomic mass is 10.0. The van der Waals surface area contributed by atoms with E-state index in [0.717, 1.165) is 5.69 Å². The fourth-order valence-corrected chi connectivity index (χ4v) is 2.34. The van der Waals surface area contributed by atoms with Gasteiger partial charge in [-0.2, -0.15) is 0 Å². The lowest BCUT2D eigenvalue weighted by molar-refractivity contribution is 0.0987. The van der Waals surface area contributed by atoms with Crippen molar-refractivity contribution in [3.05, 3.63) is 65.7 Å². The molecule has 0 fully saturated rings. The summed E-state index contributed by atoms with van der Waals surface area (Å²) in [4.78, 5) is 12.5. The highest BCUT2D eigenvalue weighted by Gasteiger charge is 2.18. The Hall–Kier alpha value is -3.15. The predicted octanol–water partition coefficient (Wildman–Crippen LogP) is 2.41. The number of benzene rings is 2. The van der Waals surface area contributed by atoms with E-state index in [-0.39, 0.29) is 34.8 Å². The van der Waals surface area contributed by atoms with Gasteiger partial charge in [-0.25, -0.2) is 0 Å². The molecule has 23 heavy (non-hydrogen) atoms. The molecule has 116 valence electrons. The third-order valence-electron chi connectivity index (χ3n) is 3.67. The molecule has 0 aliphatic heterocycles. The second-order valence-electron chi connectivity index (χ2n) is 5.16. The van der Waals surface area contributed by atoms with Gasteiger partial charge in [0.2, 0.25) is 0 Å². The summed E-state index contributed by atoms with van der Waals surface area (Å²) in [5.41, 5.74) is 1.29. The van der Waals surface area contributed by atoms with Crippen molar-refractivity contribution in [1.29, 1.82) is 0 Å². The fourth-order valence-electron chi connectivity index (χ4n) is 2.34. The summed E-state index contributed by atoms with van der Waals surface area (Å²) in [6, 6.07) is 12.2. The van der Waals surface area contributed by atoms with Gasteiger partial charge in [0, 0.05) is 11.3 Å². The van der Waals surface area contributed by atoms with E-state index >= 15 is 0 Å². The fraction of sp³-hybridized carbons (Fsp3) is 0.118. The summed E-state index contributed by atoms with van der Waals surface area (Å²) in [5, 5.41) is 27.4.